The molecule has 0 radical (unpaired) electrons. The molecule has 0 saturated carbocycles. The van der Waals surface area contributed by atoms with Crippen molar-refractivity contribution in [3.8, 4) is 0 Å². The van der Waals surface area contributed by atoms with Crippen LogP contribution in [0.3, 0.4) is 0 Å². The van der Waals surface area contributed by atoms with Crippen LogP contribution in [-0.4, -0.2) is 22.9 Å². The van der Waals surface area contributed by atoms with Crippen LogP contribution in [0.4, 0.5) is 4.79 Å². The second kappa shape index (κ2) is 9.36. The van der Waals surface area contributed by atoms with Gasteiger partial charge in [0, 0.05) is 0 Å². The molecule has 0 heterocycles. The van der Waals surface area contributed by atoms with Crippen LogP contribution in [0.5, 0.6) is 0 Å². The monoisotopic (exact) mass is 119 g/mol. The predicted octanol–water partition coefficient (Wildman–Crippen LogP) is -0.212. The van der Waals surface area contributed by atoms with E-state index in [9.17, 15) is 0 Å². The van der Waals surface area contributed by atoms with E-state index in [4.69, 9.17) is 15.0 Å². The first-order valence-electron chi connectivity index (χ1n) is 1.85. The molecule has 4 nitrogen and oxygen atoms in total. The van der Waals surface area contributed by atoms with Gasteiger partial charge < -0.3 is 15.9 Å². The fourth-order valence-corrected chi connectivity index (χ4v) is 0. The first-order chi connectivity index (χ1) is 3.65. The Bertz CT molecular complexity index is 67.7. The largest absolute Gasteiger partial charge is 0.465 e. The molecular weight excluding hydrogens is 110 g/mol. The van der Waals surface area contributed by atoms with Crippen molar-refractivity contribution in [1.29, 1.82) is 0 Å². The van der Waals surface area contributed by atoms with Gasteiger partial charge in [-0.15, -0.1) is 6.58 Å². The number of amides is 1. The van der Waals surface area contributed by atoms with Gasteiger partial charge in [-0.3, -0.25) is 0 Å². The van der Waals surface area contributed by atoms with Gasteiger partial charge in [-0.1, -0.05) is 6.08 Å². The smallest absolute Gasteiger partial charge is 0.402 e. The first kappa shape index (κ1) is 10.1. The van der Waals surface area contributed by atoms with E-state index in [0.29, 0.717) is 0 Å². The van der Waals surface area contributed by atoms with Crippen LogP contribution in [-0.2, 0) is 0 Å². The predicted molar refractivity (Wildman–Crippen MR) is 29.5 cm³/mol. The Kier molecular flexibility index (Phi) is 11.8. The quantitative estimate of drug-likeness (QED) is 0.417. The topological polar surface area (TPSA) is 83.5 Å². The fraction of sp³-hybridized carbons (Fsp3) is 0.250. The highest BCUT2D eigenvalue weighted by Gasteiger charge is 1.65. The van der Waals surface area contributed by atoms with Gasteiger partial charge in [0.1, 0.15) is 0 Å². The van der Waals surface area contributed by atoms with Crippen molar-refractivity contribution in [3.05, 3.63) is 12.7 Å². The highest BCUT2D eigenvalue weighted by molar-refractivity contribution is 5.61. The molecule has 0 aliphatic rings. The summed E-state index contributed by atoms with van der Waals surface area (Å²) in [6, 6.07) is 0. The van der Waals surface area contributed by atoms with E-state index < -0.39 is 6.09 Å². The van der Waals surface area contributed by atoms with Crippen LogP contribution in [0.15, 0.2) is 12.7 Å². The van der Waals surface area contributed by atoms with Crippen LogP contribution in [0.2, 0.25) is 0 Å². The summed E-state index contributed by atoms with van der Waals surface area (Å²) in [5, 5.41) is 15.0. The van der Waals surface area contributed by atoms with E-state index in [1.54, 1.807) is 0 Å². The number of hydrogen-bond donors (Lipinski definition) is 3. The van der Waals surface area contributed by atoms with Crippen LogP contribution in [0.25, 0.3) is 0 Å². The van der Waals surface area contributed by atoms with Gasteiger partial charge in [0.25, 0.3) is 0 Å². The maximum Gasteiger partial charge on any atom is 0.402 e. The summed E-state index contributed by atoms with van der Waals surface area (Å²) in [6.07, 6.45) is 0.0972. The molecule has 4 N–H and O–H groups in total. The molecule has 0 atom stereocenters. The summed E-state index contributed by atoms with van der Waals surface area (Å²) in [5.41, 5.74) is 4.03. The maximum absolute atomic E-state index is 8.78. The summed E-state index contributed by atoms with van der Waals surface area (Å²) in [5.74, 6) is 0. The Balaban J connectivity index is 0. The fourth-order valence-electron chi connectivity index (χ4n) is 0. The van der Waals surface area contributed by atoms with Crippen molar-refractivity contribution in [2.45, 2.75) is 0 Å². The molecule has 0 rings (SSSR count). The molecule has 8 heavy (non-hydrogen) atoms. The van der Waals surface area contributed by atoms with Gasteiger partial charge >= 0.3 is 6.09 Å². The molecule has 1 amide bonds. The van der Waals surface area contributed by atoms with E-state index in [2.05, 4.69) is 12.3 Å². The number of aliphatic hydroxyl groups is 1. The van der Waals surface area contributed by atoms with E-state index in [-0.39, 0.29) is 6.61 Å². The lowest BCUT2D eigenvalue weighted by Crippen LogP contribution is -2.03. The zero-order chi connectivity index (χ0) is 6.99. The van der Waals surface area contributed by atoms with Crippen LogP contribution in [0, 0.1) is 0 Å². The second-order valence-corrected chi connectivity index (χ2v) is 0.809. The van der Waals surface area contributed by atoms with Crippen LogP contribution in [0.1, 0.15) is 0 Å². The van der Waals surface area contributed by atoms with Crippen LogP contribution >= 0.6 is 0 Å². The highest BCUT2D eigenvalue weighted by Crippen LogP contribution is 1.46. The molecule has 0 aromatic heterocycles. The zero-order valence-corrected chi connectivity index (χ0v) is 4.37. The Labute approximate surface area is 47.2 Å². The molecule has 0 spiro atoms. The van der Waals surface area contributed by atoms with E-state index in [0.717, 1.165) is 0 Å². The van der Waals surface area contributed by atoms with Gasteiger partial charge in [-0.25, -0.2) is 4.79 Å². The Morgan fingerprint density at radius 1 is 1.88 bits per heavy atom. The van der Waals surface area contributed by atoms with Crippen molar-refractivity contribution >= 4 is 6.09 Å². The van der Waals surface area contributed by atoms with Crippen LogP contribution < -0.4 is 5.73 Å². The molecule has 48 valence electrons. The van der Waals surface area contributed by atoms with Gasteiger partial charge in [-0.05, 0) is 0 Å². The minimum atomic E-state index is -1.33. The van der Waals surface area contributed by atoms with Crippen molar-refractivity contribution in [2.75, 3.05) is 6.61 Å². The molecule has 0 bridgehead atoms. The maximum atomic E-state index is 8.78. The third-order valence-corrected chi connectivity index (χ3v) is 0.129. The lowest BCUT2D eigenvalue weighted by Gasteiger charge is -1.61. The van der Waals surface area contributed by atoms with Crippen molar-refractivity contribution in [3.63, 3.8) is 0 Å². The summed E-state index contributed by atoms with van der Waals surface area (Å²) in [4.78, 5) is 8.78. The van der Waals surface area contributed by atoms with Crippen molar-refractivity contribution in [1.82, 2.24) is 0 Å². The molecule has 0 unspecified atom stereocenters. The van der Waals surface area contributed by atoms with Gasteiger partial charge in [-0.2, -0.15) is 0 Å². The number of carbonyl (C=O) groups is 1. The number of aliphatic hydroxyl groups excluding tert-OH is 1. The molecule has 4 heteroatoms. The van der Waals surface area contributed by atoms with Gasteiger partial charge in [0.2, 0.25) is 0 Å². The summed E-state index contributed by atoms with van der Waals surface area (Å²) in [6.45, 7) is 3.31. The molecule has 0 aliphatic carbocycles. The second-order valence-electron chi connectivity index (χ2n) is 0.809. The molecule has 0 fully saturated rings. The molecule has 0 saturated heterocycles. The Morgan fingerprint density at radius 2 is 2.00 bits per heavy atom. The number of carboxylic acid groups (broad SMARTS) is 1. The molecular formula is C4H9NO3. The molecule has 0 aliphatic heterocycles. The van der Waals surface area contributed by atoms with E-state index in [1.807, 2.05) is 0 Å². The number of hydrogen-bond acceptors (Lipinski definition) is 2. The minimum absolute atomic E-state index is 0.0833. The standard InChI is InChI=1S/C3H6O.CH3NO2/c1-2-3-4;2-1(3)4/h2,4H,1,3H2;2H2,(H,3,4). The number of rotatable bonds is 1. The van der Waals surface area contributed by atoms with Crippen molar-refractivity contribution in [2.24, 2.45) is 5.73 Å². The average Bonchev–Trinajstić information content (AvgIpc) is 1.65. The average molecular weight is 119 g/mol. The molecule has 0 aromatic carbocycles. The third kappa shape index (κ3) is 87000. The molecule has 0 aromatic rings. The zero-order valence-electron chi connectivity index (χ0n) is 4.37. The Morgan fingerprint density at radius 3 is 2.00 bits per heavy atom. The number of primary amides is 1. The van der Waals surface area contributed by atoms with E-state index >= 15 is 0 Å². The minimum Gasteiger partial charge on any atom is -0.465 e. The summed E-state index contributed by atoms with van der Waals surface area (Å²) < 4.78 is 0. The third-order valence-electron chi connectivity index (χ3n) is 0.129. The normalized spacial score (nSPS) is 6.12. The number of nitrogens with two attached hydrogens (primary N) is 1. The SMILES string of the molecule is C=CCO.NC(=O)O. The first-order valence-corrected chi connectivity index (χ1v) is 1.85. The van der Waals surface area contributed by atoms with Gasteiger partial charge in [0.15, 0.2) is 0 Å². The van der Waals surface area contributed by atoms with Crippen molar-refractivity contribution < 1.29 is 15.0 Å². The summed E-state index contributed by atoms with van der Waals surface area (Å²) >= 11 is 0. The lowest BCUT2D eigenvalue weighted by molar-refractivity contribution is 0.205. The Hall–Kier alpha value is -1.03. The van der Waals surface area contributed by atoms with Gasteiger partial charge in [0.05, 0.1) is 6.61 Å². The lowest BCUT2D eigenvalue weighted by atomic mass is 10.7. The summed E-state index contributed by atoms with van der Waals surface area (Å²) in [7, 11) is 0. The van der Waals surface area contributed by atoms with E-state index in [1.165, 1.54) is 6.08 Å². The highest BCUT2D eigenvalue weighted by atomic mass is 16.4.